The molecule has 1 aromatic carbocycles. The molecule has 0 saturated heterocycles. The molecule has 78 valence electrons. The van der Waals surface area contributed by atoms with Gasteiger partial charge in [-0.1, -0.05) is 22.9 Å². The topological polar surface area (TPSA) is 30.2 Å². The summed E-state index contributed by atoms with van der Waals surface area (Å²) in [6, 6.07) is 5.37. The Kier molecular flexibility index (Phi) is 2.89. The van der Waals surface area contributed by atoms with Crippen LogP contribution in [0.5, 0.6) is 0 Å². The molecule has 1 aromatic heterocycles. The van der Waals surface area contributed by atoms with Crippen LogP contribution >= 0.6 is 28.6 Å². The van der Waals surface area contributed by atoms with Crippen LogP contribution in [0.2, 0.25) is 0 Å². The van der Waals surface area contributed by atoms with Gasteiger partial charge in [-0.3, -0.25) is 4.79 Å². The smallest absolute Gasteiger partial charge is 0.197 e. The van der Waals surface area contributed by atoms with E-state index >= 15 is 0 Å². The summed E-state index contributed by atoms with van der Waals surface area (Å²) in [5.41, 5.74) is 1.21. The first-order chi connectivity index (χ1) is 7.13. The molecule has 0 radical (unpaired) electrons. The normalized spacial score (nSPS) is 10.9. The second kappa shape index (κ2) is 4.02. The first-order valence-corrected chi connectivity index (χ1v) is 5.81. The Labute approximate surface area is 101 Å². The molecule has 15 heavy (non-hydrogen) atoms. The lowest BCUT2D eigenvalue weighted by atomic mass is 10.1. The van der Waals surface area contributed by atoms with E-state index in [9.17, 15) is 4.79 Å². The Hall–Kier alpha value is -0.740. The second-order valence-corrected chi connectivity index (χ2v) is 4.53. The van der Waals surface area contributed by atoms with Gasteiger partial charge in [-0.15, -0.1) is 12.6 Å². The van der Waals surface area contributed by atoms with Gasteiger partial charge in [-0.05, 0) is 24.6 Å². The van der Waals surface area contributed by atoms with Crippen molar-refractivity contribution in [3.63, 3.8) is 0 Å². The highest BCUT2D eigenvalue weighted by Gasteiger charge is 2.10. The Bertz CT molecular complexity index is 575. The van der Waals surface area contributed by atoms with Gasteiger partial charge >= 0.3 is 0 Å². The number of fused-ring (bicyclic) bond motifs is 1. The van der Waals surface area contributed by atoms with E-state index in [0.717, 1.165) is 4.47 Å². The maximum Gasteiger partial charge on any atom is 0.197 e. The molecular formula is C11H9BrO2S. The van der Waals surface area contributed by atoms with Crippen molar-refractivity contribution in [3.05, 3.63) is 38.5 Å². The number of rotatable bonds is 1. The predicted molar refractivity (Wildman–Crippen MR) is 66.8 cm³/mol. The van der Waals surface area contributed by atoms with E-state index in [1.807, 2.05) is 13.0 Å². The number of thiol groups is 1. The first-order valence-electron chi connectivity index (χ1n) is 4.57. The molecule has 1 heterocycles. The summed E-state index contributed by atoms with van der Waals surface area (Å²) in [7, 11) is 0. The maximum absolute atomic E-state index is 12.0. The molecule has 0 saturated carbocycles. The summed E-state index contributed by atoms with van der Waals surface area (Å²) in [5.74, 6) is 0. The van der Waals surface area contributed by atoms with Crippen LogP contribution < -0.4 is 5.43 Å². The van der Waals surface area contributed by atoms with Crippen molar-refractivity contribution in [2.45, 2.75) is 18.4 Å². The zero-order chi connectivity index (χ0) is 11.0. The van der Waals surface area contributed by atoms with Gasteiger partial charge in [0.25, 0.3) is 0 Å². The number of hydrogen-bond acceptors (Lipinski definition) is 3. The average Bonchev–Trinajstić information content (AvgIpc) is 2.20. The zero-order valence-corrected chi connectivity index (χ0v) is 10.6. The van der Waals surface area contributed by atoms with Crippen molar-refractivity contribution >= 4 is 39.5 Å². The van der Waals surface area contributed by atoms with Crippen LogP contribution in [0, 0.1) is 0 Å². The fourth-order valence-corrected chi connectivity index (χ4v) is 2.22. The molecule has 0 aliphatic carbocycles. The van der Waals surface area contributed by atoms with Crippen LogP contribution in [0.1, 0.15) is 12.5 Å². The molecule has 0 amide bonds. The molecule has 2 nitrogen and oxygen atoms in total. The fourth-order valence-electron chi connectivity index (χ4n) is 1.51. The van der Waals surface area contributed by atoms with E-state index < -0.39 is 0 Å². The molecule has 0 spiro atoms. The summed E-state index contributed by atoms with van der Waals surface area (Å²) < 4.78 is 6.33. The minimum atomic E-state index is 0.00468. The molecule has 0 aliphatic rings. The lowest BCUT2D eigenvalue weighted by molar-refractivity contribution is 0.490. The average molecular weight is 285 g/mol. The molecule has 0 bridgehead atoms. The summed E-state index contributed by atoms with van der Waals surface area (Å²) in [5, 5.41) is 1.01. The fraction of sp³-hybridized carbons (Fsp3) is 0.182. The number of benzene rings is 1. The highest BCUT2D eigenvalue weighted by atomic mass is 79.9. The van der Waals surface area contributed by atoms with Gasteiger partial charge < -0.3 is 4.42 Å². The van der Waals surface area contributed by atoms with Crippen LogP contribution in [0.4, 0.5) is 0 Å². The van der Waals surface area contributed by atoms with E-state index in [0.29, 0.717) is 28.0 Å². The molecule has 0 aliphatic heterocycles. The van der Waals surface area contributed by atoms with Crippen molar-refractivity contribution < 1.29 is 4.42 Å². The maximum atomic E-state index is 12.0. The monoisotopic (exact) mass is 284 g/mol. The highest BCUT2D eigenvalue weighted by Crippen LogP contribution is 2.21. The van der Waals surface area contributed by atoms with Crippen LogP contribution in [0.3, 0.4) is 0 Å². The largest absolute Gasteiger partial charge is 0.450 e. The summed E-state index contributed by atoms with van der Waals surface area (Å²) in [6.07, 6.45) is 0.629. The highest BCUT2D eigenvalue weighted by molar-refractivity contribution is 9.10. The number of hydrogen-bond donors (Lipinski definition) is 1. The Morgan fingerprint density at radius 1 is 1.47 bits per heavy atom. The quantitative estimate of drug-likeness (QED) is 0.814. The lowest BCUT2D eigenvalue weighted by Gasteiger charge is -2.03. The van der Waals surface area contributed by atoms with Crippen LogP contribution in [-0.2, 0) is 6.42 Å². The third-order valence-electron chi connectivity index (χ3n) is 2.28. The molecule has 0 unspecified atom stereocenters. The van der Waals surface area contributed by atoms with Crippen molar-refractivity contribution in [2.75, 3.05) is 0 Å². The lowest BCUT2D eigenvalue weighted by Crippen LogP contribution is -2.09. The van der Waals surface area contributed by atoms with E-state index in [-0.39, 0.29) is 5.43 Å². The van der Waals surface area contributed by atoms with Crippen molar-refractivity contribution in [1.82, 2.24) is 0 Å². The van der Waals surface area contributed by atoms with Crippen molar-refractivity contribution in [1.29, 1.82) is 0 Å². The van der Waals surface area contributed by atoms with Crippen LogP contribution in [0.15, 0.2) is 37.0 Å². The molecular weight excluding hydrogens is 276 g/mol. The van der Waals surface area contributed by atoms with E-state index in [2.05, 4.69) is 28.6 Å². The third-order valence-corrected chi connectivity index (χ3v) is 3.13. The van der Waals surface area contributed by atoms with Gasteiger partial charge in [0.1, 0.15) is 5.58 Å². The number of halogens is 1. The second-order valence-electron chi connectivity index (χ2n) is 3.21. The SMILES string of the molecule is CCc1c(S)oc2ccc(Br)cc2c1=O. The van der Waals surface area contributed by atoms with Crippen molar-refractivity contribution in [3.8, 4) is 0 Å². The predicted octanol–water partition coefficient (Wildman–Crippen LogP) is 3.41. The van der Waals surface area contributed by atoms with Crippen molar-refractivity contribution in [2.24, 2.45) is 0 Å². The zero-order valence-electron chi connectivity index (χ0n) is 8.08. The van der Waals surface area contributed by atoms with Gasteiger partial charge in [0.05, 0.1) is 5.39 Å². The van der Waals surface area contributed by atoms with E-state index in [1.54, 1.807) is 12.1 Å². The third kappa shape index (κ3) is 1.84. The van der Waals surface area contributed by atoms with Gasteiger partial charge in [0, 0.05) is 10.0 Å². The van der Waals surface area contributed by atoms with Crippen LogP contribution in [0.25, 0.3) is 11.0 Å². The minimum absolute atomic E-state index is 0.00468. The summed E-state index contributed by atoms with van der Waals surface area (Å²) >= 11 is 7.50. The summed E-state index contributed by atoms with van der Waals surface area (Å²) in [6.45, 7) is 1.91. The molecule has 0 atom stereocenters. The molecule has 0 fully saturated rings. The van der Waals surface area contributed by atoms with Gasteiger partial charge in [0.2, 0.25) is 0 Å². The minimum Gasteiger partial charge on any atom is -0.450 e. The molecule has 0 N–H and O–H groups in total. The van der Waals surface area contributed by atoms with E-state index in [1.165, 1.54) is 0 Å². The molecule has 2 aromatic rings. The summed E-state index contributed by atoms with van der Waals surface area (Å²) in [4.78, 5) is 12.0. The van der Waals surface area contributed by atoms with Gasteiger partial charge in [-0.25, -0.2) is 0 Å². The first kappa shape index (κ1) is 10.8. The van der Waals surface area contributed by atoms with Crippen LogP contribution in [-0.4, -0.2) is 0 Å². The molecule has 4 heteroatoms. The molecule has 2 rings (SSSR count). The Morgan fingerprint density at radius 2 is 2.20 bits per heavy atom. The standard InChI is InChI=1S/C11H9BrO2S/c1-2-7-10(13)8-5-6(12)3-4-9(8)14-11(7)15/h3-5,15H,2H2,1H3. The van der Waals surface area contributed by atoms with E-state index in [4.69, 9.17) is 4.42 Å². The van der Waals surface area contributed by atoms with Gasteiger partial charge in [0.15, 0.2) is 10.5 Å². The Balaban J connectivity index is 2.92. The van der Waals surface area contributed by atoms with Gasteiger partial charge in [-0.2, -0.15) is 0 Å². The Morgan fingerprint density at radius 3 is 2.87 bits per heavy atom.